The molecular formula is C23H25F4N7O3. The quantitative estimate of drug-likeness (QED) is 0.440. The number of fused-ring (bicyclic) bond motifs is 1. The first kappa shape index (κ1) is 26.3. The first-order valence-corrected chi connectivity index (χ1v) is 11.4. The lowest BCUT2D eigenvalue weighted by Crippen LogP contribution is -2.48. The molecule has 10 nitrogen and oxygen atoms in total. The number of carbonyl (C=O) groups excluding carboxylic acids is 2. The van der Waals surface area contributed by atoms with Crippen LogP contribution in [0.3, 0.4) is 0 Å². The minimum absolute atomic E-state index is 0.0303. The third-order valence-electron chi connectivity index (χ3n) is 6.11. The number of β-amino-alcohol motifs (C(OH)–C–C–N with tert-alkyl or cyclic N) is 1. The van der Waals surface area contributed by atoms with Gasteiger partial charge < -0.3 is 15.3 Å². The standard InChI is InChI=1S/C23H25F4N7O3/c1-13-18-19(34-7-5-33(6-8-34)9-10-35)15(12-28-20(18)32(2)31-13)21(36)30-22(37)29-14-3-4-17(24)16(11-14)23(25,26)27/h3-4,11-12,35H,5-10H2,1-2H3,(H2,29,30,36,37). The molecule has 1 aromatic carbocycles. The zero-order chi connectivity index (χ0) is 26.9. The van der Waals surface area contributed by atoms with Crippen LogP contribution in [0.25, 0.3) is 11.0 Å². The number of aryl methyl sites for hydroxylation is 2. The number of nitrogens with one attached hydrogen (secondary N) is 2. The van der Waals surface area contributed by atoms with Gasteiger partial charge in [-0.3, -0.25) is 19.7 Å². The number of aliphatic hydroxyl groups excluding tert-OH is 1. The van der Waals surface area contributed by atoms with Crippen molar-refractivity contribution in [3.63, 3.8) is 0 Å². The molecule has 1 aliphatic rings. The Kier molecular flexibility index (Phi) is 7.32. The number of nitrogens with zero attached hydrogens (tertiary/aromatic N) is 5. The number of hydrogen-bond donors (Lipinski definition) is 3. The molecule has 198 valence electrons. The highest BCUT2D eigenvalue weighted by Crippen LogP contribution is 2.34. The van der Waals surface area contributed by atoms with E-state index in [0.29, 0.717) is 67.3 Å². The molecule has 1 aliphatic heterocycles. The van der Waals surface area contributed by atoms with E-state index in [9.17, 15) is 32.3 Å². The number of halogens is 4. The number of aliphatic hydroxyl groups is 1. The Morgan fingerprint density at radius 1 is 1.16 bits per heavy atom. The normalized spacial score (nSPS) is 14.7. The van der Waals surface area contributed by atoms with Crippen molar-refractivity contribution in [2.24, 2.45) is 7.05 Å². The number of aromatic nitrogens is 3. The van der Waals surface area contributed by atoms with Crippen LogP contribution < -0.4 is 15.5 Å². The fraction of sp³-hybridized carbons (Fsp3) is 0.391. The number of imide groups is 1. The first-order valence-electron chi connectivity index (χ1n) is 11.4. The molecule has 1 saturated heterocycles. The number of carbonyl (C=O) groups is 2. The minimum Gasteiger partial charge on any atom is -0.395 e. The highest BCUT2D eigenvalue weighted by atomic mass is 19.4. The Morgan fingerprint density at radius 2 is 1.86 bits per heavy atom. The maximum absolute atomic E-state index is 13.5. The van der Waals surface area contributed by atoms with Gasteiger partial charge in [-0.15, -0.1) is 0 Å². The number of anilines is 2. The summed E-state index contributed by atoms with van der Waals surface area (Å²) in [6.45, 7) is 4.68. The number of alkyl halides is 3. The van der Waals surface area contributed by atoms with Crippen LogP contribution in [0.4, 0.5) is 33.7 Å². The van der Waals surface area contributed by atoms with Gasteiger partial charge in [0.25, 0.3) is 5.91 Å². The van der Waals surface area contributed by atoms with Crippen molar-refractivity contribution in [2.75, 3.05) is 49.5 Å². The molecule has 14 heteroatoms. The summed E-state index contributed by atoms with van der Waals surface area (Å²) >= 11 is 0. The molecule has 37 heavy (non-hydrogen) atoms. The summed E-state index contributed by atoms with van der Waals surface area (Å²) < 4.78 is 54.1. The summed E-state index contributed by atoms with van der Waals surface area (Å²) in [6.07, 6.45) is -3.63. The van der Waals surface area contributed by atoms with E-state index < -0.39 is 29.5 Å². The van der Waals surface area contributed by atoms with E-state index in [1.165, 1.54) is 6.20 Å². The predicted molar refractivity (Wildman–Crippen MR) is 127 cm³/mol. The van der Waals surface area contributed by atoms with Crippen LogP contribution in [0, 0.1) is 12.7 Å². The van der Waals surface area contributed by atoms with Gasteiger partial charge in [-0.05, 0) is 25.1 Å². The molecule has 4 rings (SSSR count). The Bertz CT molecular complexity index is 1330. The van der Waals surface area contributed by atoms with Crippen molar-refractivity contribution in [1.29, 1.82) is 0 Å². The van der Waals surface area contributed by atoms with Crippen molar-refractivity contribution >= 4 is 34.3 Å². The minimum atomic E-state index is -4.95. The van der Waals surface area contributed by atoms with Gasteiger partial charge in [0.15, 0.2) is 5.65 Å². The average Bonchev–Trinajstić information content (AvgIpc) is 3.13. The second-order valence-corrected chi connectivity index (χ2v) is 8.58. The maximum atomic E-state index is 13.5. The topological polar surface area (TPSA) is 116 Å². The predicted octanol–water partition coefficient (Wildman–Crippen LogP) is 2.51. The van der Waals surface area contributed by atoms with E-state index in [-0.39, 0.29) is 17.9 Å². The molecule has 1 fully saturated rings. The molecule has 0 unspecified atom stereocenters. The molecule has 0 radical (unpaired) electrons. The molecule has 0 spiro atoms. The van der Waals surface area contributed by atoms with Crippen LogP contribution in [-0.4, -0.2) is 76.0 Å². The number of pyridine rings is 1. The third kappa shape index (κ3) is 5.49. The number of rotatable bonds is 5. The molecule has 3 N–H and O–H groups in total. The summed E-state index contributed by atoms with van der Waals surface area (Å²) in [4.78, 5) is 34.0. The highest BCUT2D eigenvalue weighted by Gasteiger charge is 2.34. The van der Waals surface area contributed by atoms with Crippen LogP contribution in [0.2, 0.25) is 0 Å². The Morgan fingerprint density at radius 3 is 2.51 bits per heavy atom. The van der Waals surface area contributed by atoms with E-state index in [1.54, 1.807) is 18.7 Å². The monoisotopic (exact) mass is 523 g/mol. The second-order valence-electron chi connectivity index (χ2n) is 8.58. The fourth-order valence-corrected chi connectivity index (χ4v) is 4.38. The lowest BCUT2D eigenvalue weighted by molar-refractivity contribution is -0.139. The van der Waals surface area contributed by atoms with E-state index in [0.717, 1.165) is 6.07 Å². The Hall–Kier alpha value is -3.78. The number of urea groups is 1. The van der Waals surface area contributed by atoms with Crippen molar-refractivity contribution in [3.8, 4) is 0 Å². The summed E-state index contributed by atoms with van der Waals surface area (Å²) in [7, 11) is 1.72. The lowest BCUT2D eigenvalue weighted by Gasteiger charge is -2.36. The van der Waals surface area contributed by atoms with Gasteiger partial charge in [0.2, 0.25) is 0 Å². The van der Waals surface area contributed by atoms with E-state index in [1.807, 2.05) is 4.90 Å². The zero-order valence-electron chi connectivity index (χ0n) is 20.1. The Balaban J connectivity index is 1.60. The van der Waals surface area contributed by atoms with Gasteiger partial charge >= 0.3 is 12.2 Å². The Labute approximate surface area is 208 Å². The van der Waals surface area contributed by atoms with Crippen molar-refractivity contribution in [1.82, 2.24) is 25.0 Å². The third-order valence-corrected chi connectivity index (χ3v) is 6.11. The van der Waals surface area contributed by atoms with Crippen LogP contribution >= 0.6 is 0 Å². The van der Waals surface area contributed by atoms with Gasteiger partial charge in [0, 0.05) is 51.7 Å². The fourth-order valence-electron chi connectivity index (χ4n) is 4.38. The van der Waals surface area contributed by atoms with Crippen molar-refractivity contribution in [2.45, 2.75) is 13.1 Å². The molecule has 0 saturated carbocycles. The number of hydrogen-bond acceptors (Lipinski definition) is 7. The van der Waals surface area contributed by atoms with Gasteiger partial charge in [-0.1, -0.05) is 0 Å². The molecule has 0 bridgehead atoms. The highest BCUT2D eigenvalue weighted by molar-refractivity contribution is 6.13. The SMILES string of the molecule is Cc1nn(C)c2ncc(C(=O)NC(=O)Nc3ccc(F)c(C(F)(F)F)c3)c(N3CCN(CCO)CC3)c12. The number of benzene rings is 1. The first-order chi connectivity index (χ1) is 17.5. The van der Waals surface area contributed by atoms with Gasteiger partial charge in [0.05, 0.1) is 34.5 Å². The molecule has 3 amide bonds. The number of amides is 3. The van der Waals surface area contributed by atoms with Crippen molar-refractivity contribution < 1.29 is 32.3 Å². The number of piperazine rings is 1. The molecule has 0 atom stereocenters. The van der Waals surface area contributed by atoms with Crippen LogP contribution in [-0.2, 0) is 13.2 Å². The molecule has 3 aromatic rings. The van der Waals surface area contributed by atoms with E-state index >= 15 is 0 Å². The van der Waals surface area contributed by atoms with Gasteiger partial charge in [0.1, 0.15) is 5.82 Å². The molecule has 3 heterocycles. The molecular weight excluding hydrogens is 498 g/mol. The van der Waals surface area contributed by atoms with Crippen molar-refractivity contribution in [3.05, 3.63) is 47.0 Å². The van der Waals surface area contributed by atoms with E-state index in [2.05, 4.69) is 25.6 Å². The van der Waals surface area contributed by atoms with Gasteiger partial charge in [-0.2, -0.15) is 18.3 Å². The summed E-state index contributed by atoms with van der Waals surface area (Å²) in [5.74, 6) is -2.30. The van der Waals surface area contributed by atoms with E-state index in [4.69, 9.17) is 0 Å². The lowest BCUT2D eigenvalue weighted by atomic mass is 10.1. The molecule has 0 aliphatic carbocycles. The van der Waals surface area contributed by atoms with Crippen LogP contribution in [0.5, 0.6) is 0 Å². The largest absolute Gasteiger partial charge is 0.419 e. The summed E-state index contributed by atoms with van der Waals surface area (Å²) in [6, 6.07) is 0.895. The van der Waals surface area contributed by atoms with Gasteiger partial charge in [-0.25, -0.2) is 14.2 Å². The van der Waals surface area contributed by atoms with Crippen LogP contribution in [0.1, 0.15) is 21.6 Å². The summed E-state index contributed by atoms with van der Waals surface area (Å²) in [5, 5.41) is 18.5. The zero-order valence-corrected chi connectivity index (χ0v) is 20.1. The summed E-state index contributed by atoms with van der Waals surface area (Å²) in [5.41, 5.74) is -0.0906. The molecule has 2 aromatic heterocycles. The smallest absolute Gasteiger partial charge is 0.395 e. The average molecular weight is 523 g/mol. The second kappa shape index (κ2) is 10.3. The maximum Gasteiger partial charge on any atom is 0.419 e. The van der Waals surface area contributed by atoms with Crippen LogP contribution in [0.15, 0.2) is 24.4 Å².